The molecule has 18 heavy (non-hydrogen) atoms. The third-order valence-electron chi connectivity index (χ3n) is 2.38. The first-order valence-corrected chi connectivity index (χ1v) is 5.48. The van der Waals surface area contributed by atoms with Gasteiger partial charge in [-0.05, 0) is 24.4 Å². The van der Waals surface area contributed by atoms with E-state index in [0.29, 0.717) is 17.1 Å². The molecule has 0 amide bonds. The van der Waals surface area contributed by atoms with Gasteiger partial charge in [0.1, 0.15) is 11.5 Å². The van der Waals surface area contributed by atoms with Crippen LogP contribution in [0.25, 0.3) is 11.3 Å². The zero-order valence-electron chi connectivity index (χ0n) is 9.81. The molecule has 0 aliphatic rings. The monoisotopic (exact) mass is 265 g/mol. The first kappa shape index (κ1) is 12.3. The first-order valence-electron chi connectivity index (χ1n) is 5.07. The van der Waals surface area contributed by atoms with Crippen molar-refractivity contribution < 1.29 is 9.47 Å². The second-order valence-electron chi connectivity index (χ2n) is 3.42. The zero-order chi connectivity index (χ0) is 13.1. The average Bonchev–Trinajstić information content (AvgIpc) is 2.38. The normalized spacial score (nSPS) is 10.1. The van der Waals surface area contributed by atoms with Crippen LogP contribution < -0.4 is 15.0 Å². The molecular weight excluding hydrogens is 254 g/mol. The molecular formula is C11H11N3O3S. The van der Waals surface area contributed by atoms with Gasteiger partial charge in [-0.3, -0.25) is 14.9 Å². The lowest BCUT2D eigenvalue weighted by Gasteiger charge is -2.08. The molecule has 0 fully saturated rings. The van der Waals surface area contributed by atoms with Gasteiger partial charge in [0.15, 0.2) is 10.5 Å². The number of nitrogens with zero attached hydrogens (tertiary/aromatic N) is 1. The largest absolute Gasteiger partial charge is 0.497 e. The summed E-state index contributed by atoms with van der Waals surface area (Å²) in [7, 11) is 3.07. The van der Waals surface area contributed by atoms with Gasteiger partial charge >= 0.3 is 0 Å². The molecule has 0 radical (unpaired) electrons. The van der Waals surface area contributed by atoms with Crippen LogP contribution >= 0.6 is 12.2 Å². The standard InChI is InChI=1S/C11H11N3O3S/c1-16-6-3-4-7(8(5-6)17-2)9-10(15)12-11(18)14-13-9/h3-5H,1-2H3,(H2,12,14,15,18). The highest BCUT2D eigenvalue weighted by atomic mass is 32.1. The number of benzene rings is 1. The molecule has 2 aromatic rings. The highest BCUT2D eigenvalue weighted by molar-refractivity contribution is 7.71. The molecule has 2 N–H and O–H groups in total. The van der Waals surface area contributed by atoms with E-state index in [1.807, 2.05) is 0 Å². The number of methoxy groups -OCH3 is 2. The van der Waals surface area contributed by atoms with Gasteiger partial charge in [-0.15, -0.1) is 0 Å². The minimum Gasteiger partial charge on any atom is -0.497 e. The van der Waals surface area contributed by atoms with Gasteiger partial charge < -0.3 is 9.47 Å². The number of hydrogen-bond donors (Lipinski definition) is 2. The second kappa shape index (κ2) is 5.01. The van der Waals surface area contributed by atoms with Gasteiger partial charge in [-0.25, -0.2) is 0 Å². The lowest BCUT2D eigenvalue weighted by molar-refractivity contribution is 0.395. The van der Waals surface area contributed by atoms with Crippen molar-refractivity contribution >= 4 is 12.2 Å². The second-order valence-corrected chi connectivity index (χ2v) is 3.83. The summed E-state index contributed by atoms with van der Waals surface area (Å²) < 4.78 is 10.5. The van der Waals surface area contributed by atoms with E-state index in [1.54, 1.807) is 25.3 Å². The van der Waals surface area contributed by atoms with Crippen molar-refractivity contribution in [3.63, 3.8) is 0 Å². The Balaban J connectivity index is 2.63. The lowest BCUT2D eigenvalue weighted by atomic mass is 10.1. The van der Waals surface area contributed by atoms with Crippen LogP contribution in [0.15, 0.2) is 23.0 Å². The van der Waals surface area contributed by atoms with Crippen molar-refractivity contribution in [2.24, 2.45) is 0 Å². The van der Waals surface area contributed by atoms with Gasteiger partial charge in [-0.1, -0.05) is 0 Å². The highest BCUT2D eigenvalue weighted by Crippen LogP contribution is 2.30. The lowest BCUT2D eigenvalue weighted by Crippen LogP contribution is -2.13. The van der Waals surface area contributed by atoms with Crippen molar-refractivity contribution in [2.75, 3.05) is 14.2 Å². The number of aromatic nitrogens is 3. The Morgan fingerprint density at radius 2 is 2.06 bits per heavy atom. The average molecular weight is 265 g/mol. The van der Waals surface area contributed by atoms with Crippen LogP contribution in [0, 0.1) is 4.77 Å². The Bertz CT molecular complexity index is 678. The van der Waals surface area contributed by atoms with Crippen molar-refractivity contribution in [2.45, 2.75) is 0 Å². The van der Waals surface area contributed by atoms with Crippen molar-refractivity contribution in [3.05, 3.63) is 33.3 Å². The van der Waals surface area contributed by atoms with Crippen LogP contribution in [0.3, 0.4) is 0 Å². The van der Waals surface area contributed by atoms with Crippen LogP contribution in [0.2, 0.25) is 0 Å². The van der Waals surface area contributed by atoms with E-state index >= 15 is 0 Å². The van der Waals surface area contributed by atoms with E-state index in [0.717, 1.165) is 0 Å². The van der Waals surface area contributed by atoms with E-state index < -0.39 is 0 Å². The molecule has 0 bridgehead atoms. The summed E-state index contributed by atoms with van der Waals surface area (Å²) in [4.78, 5) is 14.2. The van der Waals surface area contributed by atoms with Crippen LogP contribution in [0.4, 0.5) is 0 Å². The fourth-order valence-electron chi connectivity index (χ4n) is 1.52. The molecule has 94 valence electrons. The number of nitrogens with one attached hydrogen (secondary N) is 2. The van der Waals surface area contributed by atoms with E-state index in [1.165, 1.54) is 7.11 Å². The molecule has 0 saturated heterocycles. The maximum Gasteiger partial charge on any atom is 0.278 e. The number of aromatic amines is 2. The fraction of sp³-hybridized carbons (Fsp3) is 0.182. The van der Waals surface area contributed by atoms with Crippen LogP contribution in [0.1, 0.15) is 0 Å². The van der Waals surface area contributed by atoms with Crippen molar-refractivity contribution in [3.8, 4) is 22.8 Å². The molecule has 1 heterocycles. The van der Waals surface area contributed by atoms with E-state index in [2.05, 4.69) is 15.2 Å². The number of H-pyrrole nitrogens is 2. The Kier molecular flexibility index (Phi) is 3.42. The Labute approximate surface area is 108 Å². The van der Waals surface area contributed by atoms with Crippen molar-refractivity contribution in [1.82, 2.24) is 15.2 Å². The number of rotatable bonds is 3. The summed E-state index contributed by atoms with van der Waals surface area (Å²) >= 11 is 4.79. The molecule has 0 aliphatic heterocycles. The third-order valence-corrected chi connectivity index (χ3v) is 2.57. The fourth-order valence-corrected chi connectivity index (χ4v) is 1.66. The van der Waals surface area contributed by atoms with Gasteiger partial charge in [-0.2, -0.15) is 5.10 Å². The van der Waals surface area contributed by atoms with E-state index in [4.69, 9.17) is 21.7 Å². The minimum absolute atomic E-state index is 0.177. The zero-order valence-corrected chi connectivity index (χ0v) is 10.6. The van der Waals surface area contributed by atoms with Gasteiger partial charge in [0.2, 0.25) is 0 Å². The molecule has 0 atom stereocenters. The van der Waals surface area contributed by atoms with E-state index in [9.17, 15) is 4.79 Å². The summed E-state index contributed by atoms with van der Waals surface area (Å²) in [5.74, 6) is 1.13. The molecule has 7 heteroatoms. The maximum atomic E-state index is 11.8. The Morgan fingerprint density at radius 3 is 2.67 bits per heavy atom. The van der Waals surface area contributed by atoms with E-state index in [-0.39, 0.29) is 16.0 Å². The number of ether oxygens (including phenoxy) is 2. The maximum absolute atomic E-state index is 11.8. The summed E-state index contributed by atoms with van der Waals surface area (Å²) in [5, 5.41) is 6.46. The molecule has 0 unspecified atom stereocenters. The van der Waals surface area contributed by atoms with Crippen LogP contribution in [0.5, 0.6) is 11.5 Å². The highest BCUT2D eigenvalue weighted by Gasteiger charge is 2.12. The van der Waals surface area contributed by atoms with Crippen LogP contribution in [-0.2, 0) is 0 Å². The molecule has 1 aromatic carbocycles. The van der Waals surface area contributed by atoms with Gasteiger partial charge in [0.25, 0.3) is 5.56 Å². The number of hydrogen-bond acceptors (Lipinski definition) is 5. The topological polar surface area (TPSA) is 80.0 Å². The first-order chi connectivity index (χ1) is 8.65. The third kappa shape index (κ3) is 2.25. The smallest absolute Gasteiger partial charge is 0.278 e. The molecule has 0 saturated carbocycles. The molecule has 1 aromatic heterocycles. The summed E-state index contributed by atoms with van der Waals surface area (Å²) in [5.41, 5.74) is 0.399. The quantitative estimate of drug-likeness (QED) is 0.822. The summed E-state index contributed by atoms with van der Waals surface area (Å²) in [6, 6.07) is 5.10. The molecule has 2 rings (SSSR count). The predicted molar refractivity (Wildman–Crippen MR) is 68.6 cm³/mol. The van der Waals surface area contributed by atoms with Crippen molar-refractivity contribution in [1.29, 1.82) is 0 Å². The molecule has 0 spiro atoms. The minimum atomic E-state index is -0.373. The van der Waals surface area contributed by atoms with Gasteiger partial charge in [0.05, 0.1) is 14.2 Å². The SMILES string of the molecule is COc1ccc(-c2n[nH]c(=S)[nH]c2=O)c(OC)c1. The van der Waals surface area contributed by atoms with Gasteiger partial charge in [0, 0.05) is 11.6 Å². The summed E-state index contributed by atoms with van der Waals surface area (Å²) in [6.07, 6.45) is 0. The molecule has 6 nitrogen and oxygen atoms in total. The molecule has 0 aliphatic carbocycles. The summed E-state index contributed by atoms with van der Waals surface area (Å²) in [6.45, 7) is 0. The Hall–Kier alpha value is -2.15. The Morgan fingerprint density at radius 1 is 1.28 bits per heavy atom. The predicted octanol–water partition coefficient (Wildman–Crippen LogP) is 1.51. The van der Waals surface area contributed by atoms with Crippen LogP contribution in [-0.4, -0.2) is 29.4 Å².